The molecule has 0 saturated carbocycles. The fourth-order valence-electron chi connectivity index (χ4n) is 2.09. The summed E-state index contributed by atoms with van der Waals surface area (Å²) in [6, 6.07) is 2.99. The summed E-state index contributed by atoms with van der Waals surface area (Å²) in [6.45, 7) is 2.89. The van der Waals surface area contributed by atoms with Crippen LogP contribution in [-0.2, 0) is 0 Å². The molecule has 0 radical (unpaired) electrons. The van der Waals surface area contributed by atoms with E-state index in [2.05, 4.69) is 0 Å². The third-order valence-corrected chi connectivity index (χ3v) is 4.28. The van der Waals surface area contributed by atoms with Crippen LogP contribution in [0.4, 0.5) is 0 Å². The molecule has 2 unspecified atom stereocenters. The van der Waals surface area contributed by atoms with Crippen LogP contribution in [0, 0.1) is 5.92 Å². The van der Waals surface area contributed by atoms with Gasteiger partial charge in [0.05, 0.1) is 11.0 Å². The molecule has 1 aliphatic rings. The van der Waals surface area contributed by atoms with Gasteiger partial charge in [0.15, 0.2) is 0 Å². The number of amides is 1. The van der Waals surface area contributed by atoms with E-state index in [1.54, 1.807) is 17.9 Å². The predicted molar refractivity (Wildman–Crippen MR) is 67.0 cm³/mol. The van der Waals surface area contributed by atoms with Crippen molar-refractivity contribution in [1.29, 1.82) is 0 Å². The van der Waals surface area contributed by atoms with Gasteiger partial charge in [0.1, 0.15) is 4.88 Å². The van der Waals surface area contributed by atoms with Crippen molar-refractivity contribution in [3.05, 3.63) is 21.9 Å². The summed E-state index contributed by atoms with van der Waals surface area (Å²) in [4.78, 5) is 25.2. The zero-order chi connectivity index (χ0) is 13.3. The minimum atomic E-state index is -1.01. The summed E-state index contributed by atoms with van der Waals surface area (Å²) in [5.41, 5.74) is 0. The van der Waals surface area contributed by atoms with Gasteiger partial charge >= 0.3 is 5.97 Å². The molecule has 98 valence electrons. The SMILES string of the molecule is CC(O)C1CCN(C(=O)c2ccc(C(=O)O)s2)C1. The number of carboxylic acid groups (broad SMARTS) is 1. The molecule has 1 fully saturated rings. The summed E-state index contributed by atoms with van der Waals surface area (Å²) < 4.78 is 0. The number of carbonyl (C=O) groups excluding carboxylic acids is 1. The van der Waals surface area contributed by atoms with E-state index in [4.69, 9.17) is 5.11 Å². The van der Waals surface area contributed by atoms with E-state index >= 15 is 0 Å². The average Bonchev–Trinajstić information content (AvgIpc) is 2.97. The second-order valence-electron chi connectivity index (χ2n) is 4.51. The highest BCUT2D eigenvalue weighted by Crippen LogP contribution is 2.24. The molecule has 0 aromatic carbocycles. The van der Waals surface area contributed by atoms with Crippen LogP contribution in [0.15, 0.2) is 12.1 Å². The first kappa shape index (κ1) is 13.0. The molecule has 1 aromatic heterocycles. The van der Waals surface area contributed by atoms with Crippen LogP contribution < -0.4 is 0 Å². The number of hydrogen-bond acceptors (Lipinski definition) is 4. The van der Waals surface area contributed by atoms with E-state index in [9.17, 15) is 14.7 Å². The van der Waals surface area contributed by atoms with Crippen molar-refractivity contribution in [2.24, 2.45) is 5.92 Å². The van der Waals surface area contributed by atoms with Crippen LogP contribution >= 0.6 is 11.3 Å². The first-order valence-corrected chi connectivity index (χ1v) is 6.61. The third-order valence-electron chi connectivity index (χ3n) is 3.22. The smallest absolute Gasteiger partial charge is 0.345 e. The third kappa shape index (κ3) is 2.54. The van der Waals surface area contributed by atoms with Crippen molar-refractivity contribution in [3.8, 4) is 0 Å². The number of rotatable bonds is 3. The van der Waals surface area contributed by atoms with Crippen LogP contribution in [0.5, 0.6) is 0 Å². The van der Waals surface area contributed by atoms with Gasteiger partial charge < -0.3 is 15.1 Å². The summed E-state index contributed by atoms with van der Waals surface area (Å²) in [7, 11) is 0. The topological polar surface area (TPSA) is 77.8 Å². The van der Waals surface area contributed by atoms with Crippen LogP contribution in [-0.4, -0.2) is 46.2 Å². The minimum Gasteiger partial charge on any atom is -0.477 e. The lowest BCUT2D eigenvalue weighted by Crippen LogP contribution is -2.29. The van der Waals surface area contributed by atoms with Crippen molar-refractivity contribution in [2.75, 3.05) is 13.1 Å². The molecule has 18 heavy (non-hydrogen) atoms. The summed E-state index contributed by atoms with van der Waals surface area (Å²) in [5, 5.41) is 18.3. The number of carbonyl (C=O) groups is 2. The lowest BCUT2D eigenvalue weighted by Gasteiger charge is -2.16. The first-order chi connectivity index (χ1) is 8.49. The zero-order valence-corrected chi connectivity index (χ0v) is 10.8. The number of carboxylic acids is 1. The molecule has 2 heterocycles. The van der Waals surface area contributed by atoms with Crippen molar-refractivity contribution >= 4 is 23.2 Å². The number of aromatic carboxylic acids is 1. The Hall–Kier alpha value is -1.40. The molecule has 1 aliphatic heterocycles. The summed E-state index contributed by atoms with van der Waals surface area (Å²) >= 11 is 0.992. The average molecular weight is 269 g/mol. The molecular weight excluding hydrogens is 254 g/mol. The van der Waals surface area contributed by atoms with Gasteiger partial charge in [-0.3, -0.25) is 4.79 Å². The van der Waals surface area contributed by atoms with E-state index in [0.717, 1.165) is 17.8 Å². The Balaban J connectivity index is 2.05. The molecule has 1 amide bonds. The molecular formula is C12H15NO4S. The van der Waals surface area contributed by atoms with E-state index < -0.39 is 12.1 Å². The molecule has 2 atom stereocenters. The van der Waals surface area contributed by atoms with Crippen LogP contribution in [0.1, 0.15) is 32.7 Å². The quantitative estimate of drug-likeness (QED) is 0.866. The first-order valence-electron chi connectivity index (χ1n) is 5.79. The van der Waals surface area contributed by atoms with Crippen LogP contribution in [0.3, 0.4) is 0 Å². The molecule has 2 N–H and O–H groups in total. The highest BCUT2D eigenvalue weighted by atomic mass is 32.1. The van der Waals surface area contributed by atoms with E-state index in [1.165, 1.54) is 6.07 Å². The van der Waals surface area contributed by atoms with Crippen molar-refractivity contribution in [1.82, 2.24) is 4.90 Å². The molecule has 1 aromatic rings. The van der Waals surface area contributed by atoms with Gasteiger partial charge in [-0.05, 0) is 25.5 Å². The summed E-state index contributed by atoms with van der Waals surface area (Å²) in [5.74, 6) is -1.04. The van der Waals surface area contributed by atoms with Gasteiger partial charge in [0, 0.05) is 19.0 Å². The number of aliphatic hydroxyl groups excluding tert-OH is 1. The standard InChI is InChI=1S/C12H15NO4S/c1-7(14)8-4-5-13(6-8)11(15)9-2-3-10(18-9)12(16)17/h2-3,7-8,14H,4-6H2,1H3,(H,16,17). The van der Waals surface area contributed by atoms with E-state index in [0.29, 0.717) is 18.0 Å². The monoisotopic (exact) mass is 269 g/mol. The second kappa shape index (κ2) is 5.07. The predicted octanol–water partition coefficient (Wildman–Crippen LogP) is 1.29. The maximum Gasteiger partial charge on any atom is 0.345 e. The molecule has 0 aliphatic carbocycles. The van der Waals surface area contributed by atoms with Crippen molar-refractivity contribution in [3.63, 3.8) is 0 Å². The van der Waals surface area contributed by atoms with E-state index in [1.807, 2.05) is 0 Å². The fourth-order valence-corrected chi connectivity index (χ4v) is 2.90. The van der Waals surface area contributed by atoms with Crippen molar-refractivity contribution in [2.45, 2.75) is 19.4 Å². The Bertz CT molecular complexity index is 468. The number of thiophene rings is 1. The number of aliphatic hydroxyl groups is 1. The molecule has 1 saturated heterocycles. The zero-order valence-electron chi connectivity index (χ0n) is 10.00. The number of hydrogen-bond donors (Lipinski definition) is 2. The molecule has 5 nitrogen and oxygen atoms in total. The lowest BCUT2D eigenvalue weighted by molar-refractivity contribution is 0.0701. The molecule has 2 rings (SSSR count). The van der Waals surface area contributed by atoms with Gasteiger partial charge in [-0.15, -0.1) is 11.3 Å². The van der Waals surface area contributed by atoms with Gasteiger partial charge in [-0.1, -0.05) is 0 Å². The number of nitrogens with zero attached hydrogens (tertiary/aromatic N) is 1. The number of likely N-dealkylation sites (tertiary alicyclic amines) is 1. The largest absolute Gasteiger partial charge is 0.477 e. The Morgan fingerprint density at radius 1 is 1.44 bits per heavy atom. The Morgan fingerprint density at radius 2 is 2.11 bits per heavy atom. The molecule has 0 bridgehead atoms. The Morgan fingerprint density at radius 3 is 2.61 bits per heavy atom. The fraction of sp³-hybridized carbons (Fsp3) is 0.500. The minimum absolute atomic E-state index is 0.118. The maximum atomic E-state index is 12.1. The molecule has 0 spiro atoms. The maximum absolute atomic E-state index is 12.1. The van der Waals surface area contributed by atoms with Gasteiger partial charge in [0.25, 0.3) is 5.91 Å². The highest BCUT2D eigenvalue weighted by Gasteiger charge is 2.30. The van der Waals surface area contributed by atoms with E-state index in [-0.39, 0.29) is 16.7 Å². The van der Waals surface area contributed by atoms with Crippen molar-refractivity contribution < 1.29 is 19.8 Å². The normalized spacial score (nSPS) is 21.0. The van der Waals surface area contributed by atoms with Crippen LogP contribution in [0.25, 0.3) is 0 Å². The summed E-state index contributed by atoms with van der Waals surface area (Å²) in [6.07, 6.45) is 0.376. The Kier molecular flexibility index (Phi) is 3.68. The highest BCUT2D eigenvalue weighted by molar-refractivity contribution is 7.15. The second-order valence-corrected chi connectivity index (χ2v) is 5.59. The van der Waals surface area contributed by atoms with Gasteiger partial charge in [0.2, 0.25) is 0 Å². The van der Waals surface area contributed by atoms with Crippen LogP contribution in [0.2, 0.25) is 0 Å². The molecule has 6 heteroatoms. The van der Waals surface area contributed by atoms with Gasteiger partial charge in [-0.25, -0.2) is 4.79 Å². The Labute approximate surface area is 109 Å². The lowest BCUT2D eigenvalue weighted by atomic mass is 10.0. The van der Waals surface area contributed by atoms with Gasteiger partial charge in [-0.2, -0.15) is 0 Å².